The van der Waals surface area contributed by atoms with Crippen LogP contribution in [0.1, 0.15) is 15.9 Å². The summed E-state index contributed by atoms with van der Waals surface area (Å²) in [6.07, 6.45) is 0.657. The Morgan fingerprint density at radius 3 is 2.27 bits per heavy atom. The molecule has 0 bridgehead atoms. The second kappa shape index (κ2) is 7.71. The Kier molecular flexibility index (Phi) is 5.67. The number of hydrogen-bond acceptors (Lipinski definition) is 3. The number of nitrogens with one attached hydrogen (secondary N) is 1. The average Bonchev–Trinajstić information content (AvgIpc) is 2.56. The first kappa shape index (κ1) is 16.2. The molecule has 0 atom stereocenters. The number of benzene rings is 2. The minimum atomic E-state index is -0.118. The summed E-state index contributed by atoms with van der Waals surface area (Å²) in [5.74, 6) is 1.32. The van der Waals surface area contributed by atoms with Crippen molar-refractivity contribution in [1.29, 1.82) is 0 Å². The van der Waals surface area contributed by atoms with E-state index in [0.717, 1.165) is 17.1 Å². The van der Waals surface area contributed by atoms with Crippen molar-refractivity contribution in [1.82, 2.24) is 5.32 Å². The summed E-state index contributed by atoms with van der Waals surface area (Å²) in [6, 6.07) is 12.5. The van der Waals surface area contributed by atoms with Crippen molar-refractivity contribution in [3.63, 3.8) is 0 Å². The summed E-state index contributed by atoms with van der Waals surface area (Å²) in [5, 5.41) is 3.51. The second-order valence-corrected chi connectivity index (χ2v) is 5.10. The van der Waals surface area contributed by atoms with Gasteiger partial charge in [-0.2, -0.15) is 0 Å². The molecule has 22 heavy (non-hydrogen) atoms. The fourth-order valence-corrected chi connectivity index (χ4v) is 2.28. The molecule has 2 rings (SSSR count). The summed E-state index contributed by atoms with van der Waals surface area (Å²) in [5.41, 5.74) is 1.57. The Balaban J connectivity index is 1.88. The van der Waals surface area contributed by atoms with E-state index in [1.54, 1.807) is 44.6 Å². The van der Waals surface area contributed by atoms with Crippen LogP contribution in [0.25, 0.3) is 0 Å². The smallest absolute Gasteiger partial charge is 0.251 e. The maximum absolute atomic E-state index is 12.0. The van der Waals surface area contributed by atoms with Gasteiger partial charge in [0.05, 0.1) is 14.2 Å². The third-order valence-corrected chi connectivity index (χ3v) is 3.64. The highest BCUT2D eigenvalue weighted by Crippen LogP contribution is 2.22. The van der Waals surface area contributed by atoms with Crippen molar-refractivity contribution in [2.45, 2.75) is 6.42 Å². The Labute approximate surface area is 135 Å². The van der Waals surface area contributed by atoms with E-state index in [2.05, 4.69) is 5.32 Å². The van der Waals surface area contributed by atoms with Gasteiger partial charge >= 0.3 is 0 Å². The first-order valence-electron chi connectivity index (χ1n) is 6.88. The largest absolute Gasteiger partial charge is 0.497 e. The van der Waals surface area contributed by atoms with Gasteiger partial charge in [-0.25, -0.2) is 0 Å². The first-order chi connectivity index (χ1) is 10.6. The summed E-state index contributed by atoms with van der Waals surface area (Å²) in [6.45, 7) is 0.511. The highest BCUT2D eigenvalue weighted by molar-refractivity contribution is 6.31. The zero-order valence-electron chi connectivity index (χ0n) is 12.6. The number of methoxy groups -OCH3 is 2. The van der Waals surface area contributed by atoms with Gasteiger partial charge < -0.3 is 14.8 Å². The molecule has 0 aliphatic carbocycles. The molecule has 0 unspecified atom stereocenters. The number of carbonyl (C=O) groups is 1. The van der Waals surface area contributed by atoms with E-state index >= 15 is 0 Å². The van der Waals surface area contributed by atoms with E-state index < -0.39 is 0 Å². The van der Waals surface area contributed by atoms with E-state index in [0.29, 0.717) is 23.6 Å². The number of rotatable bonds is 6. The molecule has 4 nitrogen and oxygen atoms in total. The summed E-state index contributed by atoms with van der Waals surface area (Å²) in [7, 11) is 3.19. The predicted octanol–water partition coefficient (Wildman–Crippen LogP) is 3.33. The molecule has 1 N–H and O–H groups in total. The Morgan fingerprint density at radius 1 is 1.05 bits per heavy atom. The molecule has 5 heteroatoms. The number of hydrogen-bond donors (Lipinski definition) is 1. The summed E-state index contributed by atoms with van der Waals surface area (Å²) < 4.78 is 10.2. The fraction of sp³-hybridized carbons (Fsp3) is 0.235. The molecule has 116 valence electrons. The van der Waals surface area contributed by atoms with Gasteiger partial charge in [0, 0.05) is 17.1 Å². The molecular formula is C17H18ClNO3. The van der Waals surface area contributed by atoms with Crippen LogP contribution in [0.4, 0.5) is 0 Å². The average molecular weight is 320 g/mol. The van der Waals surface area contributed by atoms with Crippen molar-refractivity contribution in [3.05, 3.63) is 58.6 Å². The lowest BCUT2D eigenvalue weighted by Crippen LogP contribution is -2.25. The fourth-order valence-electron chi connectivity index (χ4n) is 2.01. The SMILES string of the molecule is COc1ccc(C(=O)NCCc2ccc(OC)cc2Cl)cc1. The maximum Gasteiger partial charge on any atom is 0.251 e. The number of amides is 1. The quantitative estimate of drug-likeness (QED) is 0.888. The second-order valence-electron chi connectivity index (χ2n) is 4.69. The van der Waals surface area contributed by atoms with Gasteiger partial charge in [0.2, 0.25) is 0 Å². The van der Waals surface area contributed by atoms with Crippen molar-refractivity contribution >= 4 is 17.5 Å². The standard InChI is InChI=1S/C17H18ClNO3/c1-21-14-6-4-13(5-7-14)17(20)19-10-9-12-3-8-15(22-2)11-16(12)18/h3-8,11H,9-10H2,1-2H3,(H,19,20). The highest BCUT2D eigenvalue weighted by Gasteiger charge is 2.06. The van der Waals surface area contributed by atoms with Crippen molar-refractivity contribution in [2.75, 3.05) is 20.8 Å². The van der Waals surface area contributed by atoms with Crippen LogP contribution in [-0.4, -0.2) is 26.7 Å². The van der Waals surface area contributed by atoms with Gasteiger partial charge in [-0.05, 0) is 48.4 Å². The first-order valence-corrected chi connectivity index (χ1v) is 7.26. The Hall–Kier alpha value is -2.20. The van der Waals surface area contributed by atoms with Crippen molar-refractivity contribution < 1.29 is 14.3 Å². The summed E-state index contributed by atoms with van der Waals surface area (Å²) in [4.78, 5) is 12.0. The molecule has 0 aromatic heterocycles. The van der Waals surface area contributed by atoms with Crippen LogP contribution in [0.15, 0.2) is 42.5 Å². The van der Waals surface area contributed by atoms with E-state index in [1.807, 2.05) is 12.1 Å². The molecule has 2 aromatic carbocycles. The molecule has 2 aromatic rings. The van der Waals surface area contributed by atoms with Gasteiger partial charge in [0.1, 0.15) is 11.5 Å². The van der Waals surface area contributed by atoms with Gasteiger partial charge in [0.15, 0.2) is 0 Å². The van der Waals surface area contributed by atoms with Crippen molar-refractivity contribution in [2.24, 2.45) is 0 Å². The van der Waals surface area contributed by atoms with Gasteiger partial charge in [0.25, 0.3) is 5.91 Å². The van der Waals surface area contributed by atoms with Crippen LogP contribution in [0, 0.1) is 0 Å². The third kappa shape index (κ3) is 4.15. The maximum atomic E-state index is 12.0. The van der Waals surface area contributed by atoms with Crippen LogP contribution in [0.5, 0.6) is 11.5 Å². The summed E-state index contributed by atoms with van der Waals surface area (Å²) >= 11 is 6.17. The van der Waals surface area contributed by atoms with Gasteiger partial charge in [-0.3, -0.25) is 4.79 Å². The third-order valence-electron chi connectivity index (χ3n) is 3.29. The van der Waals surface area contributed by atoms with E-state index in [1.165, 1.54) is 0 Å². The number of ether oxygens (including phenoxy) is 2. The normalized spacial score (nSPS) is 10.1. The predicted molar refractivity (Wildman–Crippen MR) is 87.0 cm³/mol. The van der Waals surface area contributed by atoms with Crippen LogP contribution < -0.4 is 14.8 Å². The van der Waals surface area contributed by atoms with Crippen LogP contribution in [0.3, 0.4) is 0 Å². The molecule has 0 saturated heterocycles. The molecule has 0 aliphatic heterocycles. The van der Waals surface area contributed by atoms with Gasteiger partial charge in [-0.1, -0.05) is 17.7 Å². The minimum absolute atomic E-state index is 0.118. The van der Waals surface area contributed by atoms with Gasteiger partial charge in [-0.15, -0.1) is 0 Å². The Morgan fingerprint density at radius 2 is 1.68 bits per heavy atom. The lowest BCUT2D eigenvalue weighted by atomic mass is 10.1. The minimum Gasteiger partial charge on any atom is -0.497 e. The van der Waals surface area contributed by atoms with E-state index in [9.17, 15) is 4.79 Å². The zero-order chi connectivity index (χ0) is 15.9. The molecule has 0 saturated carbocycles. The molecule has 0 aliphatic rings. The molecule has 1 amide bonds. The molecular weight excluding hydrogens is 302 g/mol. The van der Waals surface area contributed by atoms with Crippen LogP contribution >= 0.6 is 11.6 Å². The molecule has 0 heterocycles. The van der Waals surface area contributed by atoms with Crippen molar-refractivity contribution in [3.8, 4) is 11.5 Å². The molecule has 0 spiro atoms. The lowest BCUT2D eigenvalue weighted by Gasteiger charge is -2.08. The Bertz CT molecular complexity index is 641. The lowest BCUT2D eigenvalue weighted by molar-refractivity contribution is 0.0954. The monoisotopic (exact) mass is 319 g/mol. The van der Waals surface area contributed by atoms with Crippen LogP contribution in [0.2, 0.25) is 5.02 Å². The highest BCUT2D eigenvalue weighted by atomic mass is 35.5. The molecule has 0 radical (unpaired) electrons. The zero-order valence-corrected chi connectivity index (χ0v) is 13.3. The van der Waals surface area contributed by atoms with E-state index in [4.69, 9.17) is 21.1 Å². The van der Waals surface area contributed by atoms with E-state index in [-0.39, 0.29) is 5.91 Å². The number of carbonyl (C=O) groups excluding carboxylic acids is 1. The van der Waals surface area contributed by atoms with Crippen LogP contribution in [-0.2, 0) is 6.42 Å². The topological polar surface area (TPSA) is 47.6 Å². The molecule has 0 fully saturated rings. The number of halogens is 1.